The Morgan fingerprint density at radius 1 is 1.04 bits per heavy atom. The smallest absolute Gasteiger partial charge is 0.321 e. The van der Waals surface area contributed by atoms with Crippen LogP contribution in [0, 0.1) is 23.6 Å². The van der Waals surface area contributed by atoms with Crippen LogP contribution in [0.2, 0.25) is 0 Å². The monoisotopic (exact) mass is 688 g/mol. The van der Waals surface area contributed by atoms with Gasteiger partial charge >= 0.3 is 5.97 Å². The highest BCUT2D eigenvalue weighted by Crippen LogP contribution is 2.44. The van der Waals surface area contributed by atoms with Crippen molar-refractivity contribution in [2.45, 2.75) is 115 Å². The minimum atomic E-state index is -0.756. The summed E-state index contributed by atoms with van der Waals surface area (Å²) in [6.45, 7) is 10.2. The number of aryl methyl sites for hydroxylation is 1. The summed E-state index contributed by atoms with van der Waals surface area (Å²) in [6, 6.07) is 9.17. The van der Waals surface area contributed by atoms with Crippen LogP contribution in [0.25, 0.3) is 0 Å². The van der Waals surface area contributed by atoms with E-state index in [1.165, 1.54) is 49.6 Å². The van der Waals surface area contributed by atoms with Crippen LogP contribution in [0.4, 0.5) is 4.39 Å². The Morgan fingerprint density at radius 2 is 1.73 bits per heavy atom. The molecule has 1 N–H and O–H groups in total. The maximum absolute atomic E-state index is 14.3. The van der Waals surface area contributed by atoms with E-state index in [0.717, 1.165) is 69.8 Å². The normalized spacial score (nSPS) is 23.8. The van der Waals surface area contributed by atoms with Gasteiger partial charge in [-0.05, 0) is 107 Å². The van der Waals surface area contributed by atoms with E-state index in [2.05, 4.69) is 33.5 Å². The number of benzene rings is 1. The number of carboxylic acid groups (broad SMARTS) is 1. The number of aromatic nitrogens is 2. The van der Waals surface area contributed by atoms with Crippen molar-refractivity contribution in [1.29, 1.82) is 0 Å². The fourth-order valence-corrected chi connectivity index (χ4v) is 8.53. The Labute approximate surface area is 289 Å². The number of likely N-dealkylation sites (tertiary alicyclic amines) is 1. The molecule has 2 aliphatic carbocycles. The first-order chi connectivity index (χ1) is 20.2. The lowest BCUT2D eigenvalue weighted by Gasteiger charge is -2.35. The number of hydrogen-bond acceptors (Lipinski definition) is 4. The van der Waals surface area contributed by atoms with Crippen molar-refractivity contribution in [1.82, 2.24) is 19.6 Å². The number of aliphatic carboxylic acids is 1. The summed E-state index contributed by atoms with van der Waals surface area (Å²) in [4.78, 5) is 16.8. The topological polar surface area (TPSA) is 61.6 Å². The van der Waals surface area contributed by atoms with Crippen LogP contribution in [0.15, 0.2) is 30.3 Å². The van der Waals surface area contributed by atoms with Gasteiger partial charge in [0.25, 0.3) is 0 Å². The number of likely N-dealkylation sites (N-methyl/N-ethyl adjacent to an activating group) is 1. The van der Waals surface area contributed by atoms with Gasteiger partial charge in [-0.1, -0.05) is 58.1 Å². The average Bonchev–Trinajstić information content (AvgIpc) is 3.58. The molecule has 0 radical (unpaired) electrons. The summed E-state index contributed by atoms with van der Waals surface area (Å²) in [5.74, 6) is 1.05. The fourth-order valence-electron chi connectivity index (χ4n) is 8.53. The van der Waals surface area contributed by atoms with Gasteiger partial charge in [0.05, 0.1) is 5.69 Å². The van der Waals surface area contributed by atoms with Gasteiger partial charge in [-0.25, -0.2) is 4.39 Å². The molecule has 10 heteroatoms. The molecule has 1 saturated heterocycles. The third-order valence-electron chi connectivity index (χ3n) is 10.7. The van der Waals surface area contributed by atoms with Crippen molar-refractivity contribution in [3.8, 4) is 0 Å². The van der Waals surface area contributed by atoms with E-state index >= 15 is 0 Å². The van der Waals surface area contributed by atoms with Gasteiger partial charge in [0, 0.05) is 30.7 Å². The Bertz CT molecular complexity index is 1180. The fraction of sp³-hybridized carbons (Fsp3) is 0.714. The van der Waals surface area contributed by atoms with Crippen LogP contribution in [0.1, 0.15) is 107 Å². The van der Waals surface area contributed by atoms with Crippen molar-refractivity contribution in [3.05, 3.63) is 53.1 Å². The van der Waals surface area contributed by atoms with E-state index in [9.17, 15) is 14.3 Å². The lowest BCUT2D eigenvalue weighted by molar-refractivity contribution is -0.145. The van der Waals surface area contributed by atoms with E-state index in [0.29, 0.717) is 11.8 Å². The Hall–Kier alpha value is -1.38. The van der Waals surface area contributed by atoms with Crippen LogP contribution in [-0.2, 0) is 17.8 Å². The molecule has 0 bridgehead atoms. The summed E-state index contributed by atoms with van der Waals surface area (Å²) in [5.41, 5.74) is 3.78. The van der Waals surface area contributed by atoms with Crippen molar-refractivity contribution in [3.63, 3.8) is 0 Å². The van der Waals surface area contributed by atoms with Gasteiger partial charge < -0.3 is 10.0 Å². The van der Waals surface area contributed by atoms with E-state index in [1.807, 2.05) is 27.0 Å². The number of nitrogens with zero attached hydrogens (tertiary/aromatic N) is 4. The van der Waals surface area contributed by atoms with Gasteiger partial charge in [0.15, 0.2) is 0 Å². The first-order valence-electron chi connectivity index (χ1n) is 16.7. The lowest BCUT2D eigenvalue weighted by atomic mass is 9.85. The first-order valence-corrected chi connectivity index (χ1v) is 16.7. The maximum atomic E-state index is 14.3. The molecule has 1 aromatic heterocycles. The zero-order chi connectivity index (χ0) is 29.8. The van der Waals surface area contributed by atoms with E-state index in [4.69, 9.17) is 5.10 Å². The lowest BCUT2D eigenvalue weighted by Crippen LogP contribution is -2.47. The van der Waals surface area contributed by atoms with E-state index in [-0.39, 0.29) is 60.9 Å². The van der Waals surface area contributed by atoms with Crippen LogP contribution in [0.3, 0.4) is 0 Å². The predicted octanol–water partition coefficient (Wildman–Crippen LogP) is 8.21. The van der Waals surface area contributed by atoms with Gasteiger partial charge in [0.1, 0.15) is 11.9 Å². The molecule has 2 aromatic rings. The molecular formula is C35H56Cl3FN4O2. The quantitative estimate of drug-likeness (QED) is 0.258. The van der Waals surface area contributed by atoms with Crippen LogP contribution < -0.4 is 0 Å². The molecule has 4 atom stereocenters. The zero-order valence-electron chi connectivity index (χ0n) is 27.6. The number of halogens is 4. The highest BCUT2D eigenvalue weighted by Gasteiger charge is 2.42. The summed E-state index contributed by atoms with van der Waals surface area (Å²) in [7, 11) is 1.97. The summed E-state index contributed by atoms with van der Waals surface area (Å²) in [5, 5.41) is 15.0. The number of piperidine rings is 1. The molecule has 45 heavy (non-hydrogen) atoms. The van der Waals surface area contributed by atoms with Crippen LogP contribution in [-0.4, -0.2) is 69.4 Å². The van der Waals surface area contributed by atoms with Gasteiger partial charge in [-0.3, -0.25) is 14.4 Å². The second-order valence-electron chi connectivity index (χ2n) is 13.9. The minimum absolute atomic E-state index is 0. The highest BCUT2D eigenvalue weighted by atomic mass is 35.5. The number of carboxylic acids is 1. The highest BCUT2D eigenvalue weighted by molar-refractivity contribution is 5.86. The van der Waals surface area contributed by atoms with Gasteiger partial charge in [-0.15, -0.1) is 37.2 Å². The summed E-state index contributed by atoms with van der Waals surface area (Å²) < 4.78 is 16.6. The van der Waals surface area contributed by atoms with Crippen LogP contribution >= 0.6 is 37.2 Å². The molecule has 2 saturated carbocycles. The summed E-state index contributed by atoms with van der Waals surface area (Å²) >= 11 is 0. The third kappa shape index (κ3) is 9.82. The number of rotatable bonds is 11. The van der Waals surface area contributed by atoms with E-state index in [1.54, 1.807) is 6.07 Å². The van der Waals surface area contributed by atoms with E-state index < -0.39 is 12.0 Å². The Morgan fingerprint density at radius 3 is 2.33 bits per heavy atom. The molecule has 3 fully saturated rings. The first kappa shape index (κ1) is 39.8. The largest absolute Gasteiger partial charge is 0.480 e. The average molecular weight is 690 g/mol. The molecule has 1 aromatic carbocycles. The molecule has 0 spiro atoms. The second-order valence-corrected chi connectivity index (χ2v) is 13.9. The Balaban J connectivity index is 0.00000235. The number of hydrogen-bond donors (Lipinski definition) is 1. The van der Waals surface area contributed by atoms with Gasteiger partial charge in [-0.2, -0.15) is 5.10 Å². The standard InChI is InChI=1S/C35H53FN4O2.3ClH/c1-5-40-33(21-30(37-40)18-25-10-7-6-8-11-25)26-14-16-39(17-15-26)23-28-20-31(38(4)34(24(2)3)35(41)42)22-32(28)27-12-9-13-29(36)19-27;;;/h9,12-13,19,21,24-26,28,31-32,34H,5-8,10-11,14-18,20,22-23H2,1-4H3,(H,41,42);3*1H/t28?,31?,32?,34-;;;/m1.../s1. The van der Waals surface area contributed by atoms with Crippen molar-refractivity contribution in [2.24, 2.45) is 17.8 Å². The molecule has 3 unspecified atom stereocenters. The van der Waals surface area contributed by atoms with Crippen LogP contribution in [0.5, 0.6) is 0 Å². The molecular weight excluding hydrogens is 634 g/mol. The minimum Gasteiger partial charge on any atom is -0.480 e. The van der Waals surface area contributed by atoms with Gasteiger partial charge in [0.2, 0.25) is 0 Å². The zero-order valence-corrected chi connectivity index (χ0v) is 30.0. The molecule has 5 rings (SSSR count). The van der Waals surface area contributed by atoms with Crippen molar-refractivity contribution in [2.75, 3.05) is 26.7 Å². The Kier molecular flexibility index (Phi) is 16.1. The second kappa shape index (κ2) is 18.2. The molecule has 0 amide bonds. The van der Waals surface area contributed by atoms with Crippen molar-refractivity contribution < 1.29 is 14.3 Å². The molecule has 2 heterocycles. The predicted molar refractivity (Wildman–Crippen MR) is 188 cm³/mol. The summed E-state index contributed by atoms with van der Waals surface area (Å²) in [6.07, 6.45) is 12.1. The molecule has 1 aliphatic heterocycles. The third-order valence-corrected chi connectivity index (χ3v) is 10.7. The molecule has 256 valence electrons. The molecule has 6 nitrogen and oxygen atoms in total. The number of carbonyl (C=O) groups is 1. The molecule has 3 aliphatic rings. The maximum Gasteiger partial charge on any atom is 0.321 e. The SMILES string of the molecule is CCn1nc(CC2CCCCC2)cc1C1CCN(CC2CC(N(C)[C@@H](C(=O)O)C(C)C)CC2c2cccc(F)c2)CC1.Cl.Cl.Cl. The van der Waals surface area contributed by atoms with Crippen molar-refractivity contribution >= 4 is 43.2 Å².